The van der Waals surface area contributed by atoms with Crippen molar-refractivity contribution in [1.82, 2.24) is 4.98 Å². The fourth-order valence-corrected chi connectivity index (χ4v) is 7.16. The molecular formula is C38H34N2O7S. The first-order valence-electron chi connectivity index (χ1n) is 15.9. The lowest BCUT2D eigenvalue weighted by Gasteiger charge is -2.24. The van der Waals surface area contributed by atoms with E-state index in [0.29, 0.717) is 65.3 Å². The molecule has 1 aromatic heterocycles. The molecular weight excluding hydrogens is 628 g/mol. The Morgan fingerprint density at radius 3 is 2.54 bits per heavy atom. The van der Waals surface area contributed by atoms with Crippen LogP contribution < -0.4 is 23.8 Å². The molecule has 1 saturated heterocycles. The fourth-order valence-electron chi connectivity index (χ4n) is 6.14. The summed E-state index contributed by atoms with van der Waals surface area (Å²) in [5.41, 5.74) is 3.52. The van der Waals surface area contributed by atoms with Gasteiger partial charge in [-0.05, 0) is 86.0 Å². The van der Waals surface area contributed by atoms with E-state index in [-0.39, 0.29) is 17.4 Å². The summed E-state index contributed by atoms with van der Waals surface area (Å²) in [6.07, 6.45) is 0.677. The molecule has 0 saturated carbocycles. The first-order chi connectivity index (χ1) is 23.3. The first kappa shape index (κ1) is 31.3. The Kier molecular flexibility index (Phi) is 8.49. The summed E-state index contributed by atoms with van der Waals surface area (Å²) in [7, 11) is 0. The number of carbonyl (C=O) groups excluding carboxylic acids is 2. The predicted molar refractivity (Wildman–Crippen MR) is 184 cm³/mol. The summed E-state index contributed by atoms with van der Waals surface area (Å²) in [5, 5.41) is 12.1. The molecule has 2 aliphatic rings. The van der Waals surface area contributed by atoms with Gasteiger partial charge in [-0.1, -0.05) is 47.7 Å². The Morgan fingerprint density at radius 1 is 0.938 bits per heavy atom. The summed E-state index contributed by atoms with van der Waals surface area (Å²) < 4.78 is 24.5. The molecule has 1 fully saturated rings. The molecule has 1 amide bonds. The van der Waals surface area contributed by atoms with Crippen LogP contribution in [-0.2, 0) is 22.6 Å². The van der Waals surface area contributed by atoms with Gasteiger partial charge in [0.2, 0.25) is 0 Å². The number of anilines is 1. The van der Waals surface area contributed by atoms with Crippen LogP contribution in [0.3, 0.4) is 0 Å². The highest BCUT2D eigenvalue weighted by Gasteiger charge is 2.48. The zero-order chi connectivity index (χ0) is 33.4. The molecule has 48 heavy (non-hydrogen) atoms. The quantitative estimate of drug-likeness (QED) is 0.0925. The number of hydrogen-bond acceptors (Lipinski definition) is 9. The van der Waals surface area contributed by atoms with Crippen LogP contribution in [0.25, 0.3) is 16.0 Å². The molecule has 10 heteroatoms. The molecule has 2 aliphatic heterocycles. The number of aliphatic hydroxyl groups excluding tert-OH is 1. The number of Topliss-reactive ketones (excluding diaryl/α,β-unsaturated/α-hetero) is 1. The van der Waals surface area contributed by atoms with Gasteiger partial charge < -0.3 is 24.1 Å². The molecule has 4 aromatic carbocycles. The van der Waals surface area contributed by atoms with Gasteiger partial charge in [-0.3, -0.25) is 14.5 Å². The van der Waals surface area contributed by atoms with Crippen molar-refractivity contribution in [3.63, 3.8) is 0 Å². The summed E-state index contributed by atoms with van der Waals surface area (Å²) in [6, 6.07) is 24.9. The molecule has 0 bridgehead atoms. The third kappa shape index (κ3) is 5.84. The van der Waals surface area contributed by atoms with Crippen molar-refractivity contribution in [2.45, 2.75) is 45.9 Å². The highest BCUT2D eigenvalue weighted by molar-refractivity contribution is 7.22. The average molecular weight is 663 g/mol. The Morgan fingerprint density at radius 2 is 1.75 bits per heavy atom. The Bertz CT molecular complexity index is 2060. The normalized spacial score (nSPS) is 18.2. The van der Waals surface area contributed by atoms with Gasteiger partial charge in [-0.25, -0.2) is 4.98 Å². The lowest BCUT2D eigenvalue weighted by atomic mass is 9.94. The van der Waals surface area contributed by atoms with Crippen LogP contribution in [0.4, 0.5) is 5.13 Å². The van der Waals surface area contributed by atoms with Gasteiger partial charge in [0.15, 0.2) is 16.6 Å². The number of carbonyl (C=O) groups is 2. The smallest absolute Gasteiger partial charge is 0.301 e. The molecule has 0 aliphatic carbocycles. The number of ether oxygens (including phenoxy) is 4. The maximum Gasteiger partial charge on any atom is 0.301 e. The molecule has 0 spiro atoms. The molecule has 9 nitrogen and oxygen atoms in total. The number of nitrogens with zero attached hydrogens (tertiary/aromatic N) is 2. The van der Waals surface area contributed by atoms with Crippen LogP contribution in [0, 0.1) is 0 Å². The highest BCUT2D eigenvalue weighted by Crippen LogP contribution is 2.46. The third-order valence-corrected chi connectivity index (χ3v) is 9.32. The lowest BCUT2D eigenvalue weighted by Crippen LogP contribution is -2.29. The second-order valence-electron chi connectivity index (χ2n) is 11.6. The van der Waals surface area contributed by atoms with Gasteiger partial charge in [0, 0.05) is 12.0 Å². The topological polar surface area (TPSA) is 107 Å². The zero-order valence-electron chi connectivity index (χ0n) is 26.8. The molecule has 2 atom stereocenters. The fraction of sp³-hybridized carbons (Fsp3) is 0.237. The predicted octanol–water partition coefficient (Wildman–Crippen LogP) is 7.62. The van der Waals surface area contributed by atoms with Crippen molar-refractivity contribution in [2.24, 2.45) is 0 Å². The van der Waals surface area contributed by atoms with Crippen molar-refractivity contribution in [3.05, 3.63) is 113 Å². The van der Waals surface area contributed by atoms with Crippen LogP contribution in [0.15, 0.2) is 90.5 Å². The van der Waals surface area contributed by atoms with E-state index in [4.69, 9.17) is 23.9 Å². The second kappa shape index (κ2) is 13.0. The average Bonchev–Trinajstić information content (AvgIpc) is 3.76. The number of ketones is 1. The number of hydrogen-bond donors (Lipinski definition) is 1. The Labute approximate surface area is 282 Å². The number of rotatable bonds is 10. The van der Waals surface area contributed by atoms with Gasteiger partial charge in [0.1, 0.15) is 30.0 Å². The maximum atomic E-state index is 13.9. The zero-order valence-corrected chi connectivity index (χ0v) is 27.6. The van der Waals surface area contributed by atoms with Gasteiger partial charge in [-0.15, -0.1) is 0 Å². The van der Waals surface area contributed by atoms with E-state index in [1.165, 1.54) is 16.2 Å². The lowest BCUT2D eigenvalue weighted by molar-refractivity contribution is -0.132. The summed E-state index contributed by atoms with van der Waals surface area (Å²) in [4.78, 5) is 34.0. The molecule has 5 aromatic rings. The van der Waals surface area contributed by atoms with Gasteiger partial charge in [0.25, 0.3) is 5.78 Å². The minimum absolute atomic E-state index is 0.00450. The van der Waals surface area contributed by atoms with E-state index < -0.39 is 17.7 Å². The molecule has 1 N–H and O–H groups in total. The molecule has 0 radical (unpaired) electrons. The van der Waals surface area contributed by atoms with Gasteiger partial charge >= 0.3 is 5.91 Å². The standard InChI is InChI=1S/C38H34N2O7S/c1-4-44-27-13-14-28-32(20-27)48-38(39-28)40-34(24-11-16-30(31(19-24)45-5-2)46-21-23-9-7-6-8-10-23)33(36(42)37(40)43)35(41)25-12-15-29-26(18-25)17-22(3)47-29/h6-16,18-20,22,34,41H,4-5,17,21H2,1-3H3/b35-33+/t22-,34-/m0/s1. The third-order valence-electron chi connectivity index (χ3n) is 8.30. The number of thiazole rings is 1. The van der Waals surface area contributed by atoms with E-state index in [1.807, 2.05) is 75.4 Å². The largest absolute Gasteiger partial charge is 0.507 e. The van der Waals surface area contributed by atoms with E-state index in [1.54, 1.807) is 30.3 Å². The van der Waals surface area contributed by atoms with E-state index >= 15 is 0 Å². The monoisotopic (exact) mass is 662 g/mol. The highest BCUT2D eigenvalue weighted by atomic mass is 32.1. The Hall–Kier alpha value is -5.35. The minimum atomic E-state index is -0.997. The number of fused-ring (bicyclic) bond motifs is 2. The Balaban J connectivity index is 1.35. The second-order valence-corrected chi connectivity index (χ2v) is 12.6. The summed E-state index contributed by atoms with van der Waals surface area (Å²) in [6.45, 7) is 6.95. The van der Waals surface area contributed by atoms with Crippen molar-refractivity contribution < 1.29 is 33.6 Å². The van der Waals surface area contributed by atoms with E-state index in [9.17, 15) is 14.7 Å². The van der Waals surface area contributed by atoms with Crippen LogP contribution in [0.5, 0.6) is 23.0 Å². The number of aliphatic hydroxyl groups is 1. The van der Waals surface area contributed by atoms with Crippen molar-refractivity contribution in [3.8, 4) is 23.0 Å². The summed E-state index contributed by atoms with van der Waals surface area (Å²) in [5.74, 6) is 0.518. The minimum Gasteiger partial charge on any atom is -0.507 e. The van der Waals surface area contributed by atoms with Gasteiger partial charge in [0.05, 0.1) is 35.0 Å². The molecule has 244 valence electrons. The van der Waals surface area contributed by atoms with Crippen molar-refractivity contribution in [2.75, 3.05) is 18.1 Å². The van der Waals surface area contributed by atoms with Crippen LogP contribution in [-0.4, -0.2) is 41.1 Å². The molecule has 0 unspecified atom stereocenters. The number of benzene rings is 4. The van der Waals surface area contributed by atoms with Crippen LogP contribution >= 0.6 is 11.3 Å². The van der Waals surface area contributed by atoms with Gasteiger partial charge in [-0.2, -0.15) is 0 Å². The maximum absolute atomic E-state index is 13.9. The van der Waals surface area contributed by atoms with Crippen molar-refractivity contribution >= 4 is 44.1 Å². The first-order valence-corrected chi connectivity index (χ1v) is 16.7. The number of amides is 1. The summed E-state index contributed by atoms with van der Waals surface area (Å²) >= 11 is 1.27. The molecule has 3 heterocycles. The van der Waals surface area contributed by atoms with Crippen LogP contribution in [0.1, 0.15) is 49.1 Å². The van der Waals surface area contributed by atoms with E-state index in [2.05, 4.69) is 0 Å². The SMILES string of the molecule is CCOc1ccc2nc(N3C(=O)C(=O)/C(=C(/O)c4ccc5c(c4)C[C@H](C)O5)[C@@H]3c3ccc(OCc4ccccc4)c(OCC)c3)sc2c1. The number of aromatic nitrogens is 1. The van der Waals surface area contributed by atoms with Crippen molar-refractivity contribution in [1.29, 1.82) is 0 Å². The van der Waals surface area contributed by atoms with E-state index in [0.717, 1.165) is 21.6 Å². The van der Waals surface area contributed by atoms with Crippen LogP contribution in [0.2, 0.25) is 0 Å². The molecule has 7 rings (SSSR count).